The first-order valence-electron chi connectivity index (χ1n) is 11.6. The Bertz CT molecular complexity index is 1570. The predicted molar refractivity (Wildman–Crippen MR) is 139 cm³/mol. The SMILES string of the molecule is Cc1cccc(S(=O)(=O)N2C[C@H](CCC(=O)c3ccn[nH]3)Oc3ccc(-c4cccc(F)c4Cl)cc32)c1. The van der Waals surface area contributed by atoms with Crippen LogP contribution in [0.5, 0.6) is 5.75 Å². The molecule has 7 nitrogen and oxygen atoms in total. The number of hydrogen-bond donors (Lipinski definition) is 1. The standard InChI is InChI=1S/C27H23ClFN3O4S/c1-17-4-2-5-20(14-17)37(34,35)32-16-19(9-10-25(33)23-12-13-30-31-23)36-26-11-8-18(15-24(26)32)21-6-3-7-22(29)27(21)28/h2-8,11-15,19H,9-10,16H2,1H3,(H,30,31)/t19-/m0/s1. The fraction of sp³-hybridized carbons (Fsp3) is 0.185. The Morgan fingerprint density at radius 1 is 1.16 bits per heavy atom. The molecule has 0 unspecified atom stereocenters. The van der Waals surface area contributed by atoms with E-state index in [1.165, 1.54) is 16.6 Å². The Kier molecular flexibility index (Phi) is 6.74. The number of aromatic nitrogens is 2. The number of fused-ring (bicyclic) bond motifs is 1. The second-order valence-electron chi connectivity index (χ2n) is 8.81. The van der Waals surface area contributed by atoms with E-state index in [-0.39, 0.29) is 28.7 Å². The van der Waals surface area contributed by atoms with Crippen molar-refractivity contribution in [1.29, 1.82) is 0 Å². The first-order chi connectivity index (χ1) is 17.7. The molecule has 1 aromatic heterocycles. The van der Waals surface area contributed by atoms with Gasteiger partial charge in [0.05, 0.1) is 22.2 Å². The fourth-order valence-electron chi connectivity index (χ4n) is 4.33. The minimum atomic E-state index is -3.98. The van der Waals surface area contributed by atoms with E-state index in [9.17, 15) is 17.6 Å². The highest BCUT2D eigenvalue weighted by Gasteiger charge is 2.35. The highest BCUT2D eigenvalue weighted by molar-refractivity contribution is 7.92. The minimum absolute atomic E-state index is 0.000131. The van der Waals surface area contributed by atoms with Crippen molar-refractivity contribution in [3.8, 4) is 16.9 Å². The van der Waals surface area contributed by atoms with Gasteiger partial charge in [0.25, 0.3) is 10.0 Å². The number of anilines is 1. The van der Waals surface area contributed by atoms with Crippen LogP contribution >= 0.6 is 11.6 Å². The average Bonchev–Trinajstić information content (AvgIpc) is 3.43. The van der Waals surface area contributed by atoms with E-state index in [2.05, 4.69) is 10.2 Å². The fourth-order valence-corrected chi connectivity index (χ4v) is 6.16. The van der Waals surface area contributed by atoms with E-state index in [4.69, 9.17) is 16.3 Å². The Morgan fingerprint density at radius 3 is 2.73 bits per heavy atom. The van der Waals surface area contributed by atoms with Gasteiger partial charge in [-0.2, -0.15) is 5.10 Å². The third-order valence-corrected chi connectivity index (χ3v) is 8.39. The number of hydrogen-bond acceptors (Lipinski definition) is 5. The van der Waals surface area contributed by atoms with Gasteiger partial charge in [0.1, 0.15) is 23.4 Å². The highest BCUT2D eigenvalue weighted by atomic mass is 35.5. The maximum Gasteiger partial charge on any atom is 0.264 e. The van der Waals surface area contributed by atoms with Gasteiger partial charge in [0.15, 0.2) is 5.78 Å². The van der Waals surface area contributed by atoms with Gasteiger partial charge >= 0.3 is 0 Å². The van der Waals surface area contributed by atoms with E-state index in [0.29, 0.717) is 34.7 Å². The maximum atomic E-state index is 14.1. The molecule has 0 saturated heterocycles. The molecule has 1 atom stereocenters. The van der Waals surface area contributed by atoms with E-state index in [1.807, 2.05) is 13.0 Å². The second-order valence-corrected chi connectivity index (χ2v) is 11.0. The highest BCUT2D eigenvalue weighted by Crippen LogP contribution is 2.42. The first-order valence-corrected chi connectivity index (χ1v) is 13.4. The largest absolute Gasteiger partial charge is 0.486 e. The molecule has 0 radical (unpaired) electrons. The molecule has 2 heterocycles. The van der Waals surface area contributed by atoms with Crippen molar-refractivity contribution in [2.75, 3.05) is 10.8 Å². The van der Waals surface area contributed by atoms with E-state index in [0.717, 1.165) is 5.56 Å². The molecule has 0 bridgehead atoms. The van der Waals surface area contributed by atoms with Crippen molar-refractivity contribution in [2.45, 2.75) is 30.8 Å². The first kappa shape index (κ1) is 25.0. The predicted octanol–water partition coefficient (Wildman–Crippen LogP) is 5.80. The zero-order valence-electron chi connectivity index (χ0n) is 19.8. The summed E-state index contributed by atoms with van der Waals surface area (Å²) in [5.41, 5.74) is 2.48. The van der Waals surface area contributed by atoms with Gasteiger partial charge in [0, 0.05) is 18.2 Å². The number of aromatic amines is 1. The van der Waals surface area contributed by atoms with Crippen LogP contribution in [0.3, 0.4) is 0 Å². The van der Waals surface area contributed by atoms with E-state index < -0.39 is 21.9 Å². The van der Waals surface area contributed by atoms with Crippen molar-refractivity contribution >= 4 is 33.1 Å². The number of Topliss-reactive ketones (excluding diaryl/α,β-unsaturated/α-hetero) is 1. The number of nitrogens with one attached hydrogen (secondary N) is 1. The Labute approximate surface area is 218 Å². The lowest BCUT2D eigenvalue weighted by molar-refractivity contribution is 0.0948. The topological polar surface area (TPSA) is 92.4 Å². The molecule has 0 saturated carbocycles. The number of H-pyrrole nitrogens is 1. The van der Waals surface area contributed by atoms with Gasteiger partial charge in [-0.05, 0) is 60.9 Å². The Balaban J connectivity index is 1.53. The summed E-state index contributed by atoms with van der Waals surface area (Å²) < 4.78 is 49.3. The number of halogens is 2. The van der Waals surface area contributed by atoms with Gasteiger partial charge in [-0.25, -0.2) is 12.8 Å². The molecule has 5 rings (SSSR count). The zero-order valence-corrected chi connectivity index (χ0v) is 21.4. The minimum Gasteiger partial charge on any atom is -0.486 e. The number of ketones is 1. The molecule has 1 N–H and O–H groups in total. The lowest BCUT2D eigenvalue weighted by Gasteiger charge is -2.36. The van der Waals surface area contributed by atoms with Crippen LogP contribution in [0.25, 0.3) is 11.1 Å². The van der Waals surface area contributed by atoms with Crippen LogP contribution in [-0.4, -0.2) is 37.0 Å². The van der Waals surface area contributed by atoms with Crippen molar-refractivity contribution < 1.29 is 22.3 Å². The summed E-state index contributed by atoms with van der Waals surface area (Å²) >= 11 is 6.21. The summed E-state index contributed by atoms with van der Waals surface area (Å²) in [6.45, 7) is 1.82. The summed E-state index contributed by atoms with van der Waals surface area (Å²) in [6.07, 6.45) is 1.38. The Hall–Kier alpha value is -3.69. The lowest BCUT2D eigenvalue weighted by atomic mass is 10.0. The van der Waals surface area contributed by atoms with E-state index >= 15 is 0 Å². The number of ether oxygens (including phenoxy) is 1. The molecular formula is C27H23ClFN3O4S. The summed E-state index contributed by atoms with van der Waals surface area (Å²) in [4.78, 5) is 12.6. The third kappa shape index (κ3) is 4.97. The molecule has 190 valence electrons. The maximum absolute atomic E-state index is 14.1. The molecule has 37 heavy (non-hydrogen) atoms. The number of benzene rings is 3. The smallest absolute Gasteiger partial charge is 0.264 e. The second kappa shape index (κ2) is 9.99. The molecule has 0 spiro atoms. The molecule has 10 heteroatoms. The van der Waals surface area contributed by atoms with E-state index in [1.54, 1.807) is 54.6 Å². The number of sulfonamides is 1. The number of aryl methyl sites for hydroxylation is 1. The number of rotatable bonds is 7. The van der Waals surface area contributed by atoms with Gasteiger partial charge in [-0.1, -0.05) is 41.9 Å². The van der Waals surface area contributed by atoms with Gasteiger partial charge < -0.3 is 4.74 Å². The van der Waals surface area contributed by atoms with Gasteiger partial charge in [0.2, 0.25) is 0 Å². The number of carbonyl (C=O) groups is 1. The molecule has 4 aromatic rings. The van der Waals surface area contributed by atoms with Crippen molar-refractivity contribution in [3.63, 3.8) is 0 Å². The lowest BCUT2D eigenvalue weighted by Crippen LogP contribution is -2.43. The van der Waals surface area contributed by atoms with Crippen molar-refractivity contribution in [1.82, 2.24) is 10.2 Å². The normalized spacial score (nSPS) is 15.2. The van der Waals surface area contributed by atoms with Crippen LogP contribution in [0.2, 0.25) is 5.02 Å². The van der Waals surface area contributed by atoms with Crippen LogP contribution in [0, 0.1) is 12.7 Å². The van der Waals surface area contributed by atoms with Crippen molar-refractivity contribution in [2.24, 2.45) is 0 Å². The molecule has 0 aliphatic carbocycles. The Morgan fingerprint density at radius 2 is 1.97 bits per heavy atom. The quantitative estimate of drug-likeness (QED) is 0.300. The monoisotopic (exact) mass is 539 g/mol. The number of nitrogens with zero attached hydrogens (tertiary/aromatic N) is 2. The summed E-state index contributed by atoms with van der Waals surface area (Å²) in [7, 11) is -3.98. The van der Waals surface area contributed by atoms with Gasteiger partial charge in [-0.15, -0.1) is 0 Å². The molecule has 0 fully saturated rings. The van der Waals surface area contributed by atoms with Gasteiger partial charge in [-0.3, -0.25) is 14.2 Å². The summed E-state index contributed by atoms with van der Waals surface area (Å²) in [6, 6.07) is 17.7. The molecule has 1 aliphatic rings. The third-order valence-electron chi connectivity index (χ3n) is 6.23. The summed E-state index contributed by atoms with van der Waals surface area (Å²) in [5, 5.41) is 6.39. The van der Waals surface area contributed by atoms with Crippen LogP contribution in [0.1, 0.15) is 28.9 Å². The molecule has 0 amide bonds. The number of carbonyl (C=O) groups excluding carboxylic acids is 1. The zero-order chi connectivity index (χ0) is 26.2. The van der Waals surface area contributed by atoms with Crippen LogP contribution in [0.15, 0.2) is 77.8 Å². The summed E-state index contributed by atoms with van der Waals surface area (Å²) in [5.74, 6) is -0.367. The average molecular weight is 540 g/mol. The molecular weight excluding hydrogens is 517 g/mol. The van der Waals surface area contributed by atoms with Crippen LogP contribution in [-0.2, 0) is 10.0 Å². The molecule has 3 aromatic carbocycles. The van der Waals surface area contributed by atoms with Crippen LogP contribution < -0.4 is 9.04 Å². The van der Waals surface area contributed by atoms with Crippen molar-refractivity contribution in [3.05, 3.63) is 95.0 Å². The molecule has 1 aliphatic heterocycles. The van der Waals surface area contributed by atoms with Crippen LogP contribution in [0.4, 0.5) is 10.1 Å².